The van der Waals surface area contributed by atoms with Crippen LogP contribution in [0.15, 0.2) is 30.3 Å². The molecule has 3 unspecified atom stereocenters. The van der Waals surface area contributed by atoms with Gasteiger partial charge in [-0.25, -0.2) is 0 Å². The van der Waals surface area contributed by atoms with Crippen LogP contribution in [0.5, 0.6) is 0 Å². The largest absolute Gasteiger partial charge is 0.342 e. The van der Waals surface area contributed by atoms with Crippen LogP contribution >= 0.6 is 12.4 Å². The van der Waals surface area contributed by atoms with Gasteiger partial charge in [0.2, 0.25) is 11.8 Å². The van der Waals surface area contributed by atoms with E-state index >= 15 is 0 Å². The number of hydrogen-bond acceptors (Lipinski definition) is 3. The first kappa shape index (κ1) is 21.7. The van der Waals surface area contributed by atoms with Gasteiger partial charge in [-0.05, 0) is 37.2 Å². The second-order valence-electron chi connectivity index (χ2n) is 7.89. The first-order chi connectivity index (χ1) is 12.6. The molecule has 150 valence electrons. The highest BCUT2D eigenvalue weighted by Gasteiger charge is 2.35. The number of nitrogens with zero attached hydrogens (tertiary/aromatic N) is 2. The zero-order valence-corrected chi connectivity index (χ0v) is 17.0. The van der Waals surface area contributed by atoms with E-state index in [4.69, 9.17) is 5.73 Å². The number of amides is 2. The van der Waals surface area contributed by atoms with Crippen molar-refractivity contribution in [3.63, 3.8) is 0 Å². The van der Waals surface area contributed by atoms with E-state index in [0.717, 1.165) is 44.3 Å². The molecule has 2 N–H and O–H groups in total. The number of carbonyl (C=O) groups excluding carboxylic acids is 2. The van der Waals surface area contributed by atoms with Gasteiger partial charge in [0.15, 0.2) is 0 Å². The number of benzene rings is 1. The smallest absolute Gasteiger partial charge is 0.227 e. The van der Waals surface area contributed by atoms with Crippen LogP contribution in [0.4, 0.5) is 0 Å². The summed E-state index contributed by atoms with van der Waals surface area (Å²) in [7, 11) is 0. The maximum Gasteiger partial charge on any atom is 0.227 e. The SMILES string of the molecule is CC1CCN(C(=O)C2CCCN(C(=O)Cc3ccccc3)C2)C(CN)C1.Cl. The van der Waals surface area contributed by atoms with E-state index in [-0.39, 0.29) is 36.2 Å². The average Bonchev–Trinajstić information content (AvgIpc) is 2.68. The van der Waals surface area contributed by atoms with Crippen molar-refractivity contribution in [3.05, 3.63) is 35.9 Å². The normalized spacial score (nSPS) is 25.6. The van der Waals surface area contributed by atoms with E-state index in [2.05, 4.69) is 6.92 Å². The van der Waals surface area contributed by atoms with Gasteiger partial charge in [-0.15, -0.1) is 12.4 Å². The fraction of sp³-hybridized carbons (Fsp3) is 0.619. The van der Waals surface area contributed by atoms with Crippen molar-refractivity contribution >= 4 is 24.2 Å². The average molecular weight is 394 g/mol. The summed E-state index contributed by atoms with van der Waals surface area (Å²) < 4.78 is 0. The minimum atomic E-state index is -0.0778. The molecule has 6 heteroatoms. The number of hydrogen-bond donors (Lipinski definition) is 1. The maximum absolute atomic E-state index is 13.1. The van der Waals surface area contributed by atoms with Crippen LogP contribution in [-0.4, -0.2) is 53.8 Å². The summed E-state index contributed by atoms with van der Waals surface area (Å²) in [6, 6.07) is 9.97. The van der Waals surface area contributed by atoms with Gasteiger partial charge in [-0.1, -0.05) is 37.3 Å². The molecule has 2 aliphatic rings. The van der Waals surface area contributed by atoms with E-state index in [1.165, 1.54) is 0 Å². The summed E-state index contributed by atoms with van der Waals surface area (Å²) in [6.45, 7) is 4.87. The highest BCUT2D eigenvalue weighted by molar-refractivity contribution is 5.85. The van der Waals surface area contributed by atoms with Crippen molar-refractivity contribution < 1.29 is 9.59 Å². The van der Waals surface area contributed by atoms with E-state index in [1.54, 1.807) is 0 Å². The summed E-state index contributed by atoms with van der Waals surface area (Å²) in [5.41, 5.74) is 6.95. The summed E-state index contributed by atoms with van der Waals surface area (Å²) in [5, 5.41) is 0. The van der Waals surface area contributed by atoms with Gasteiger partial charge in [-0.2, -0.15) is 0 Å². The Labute approximate surface area is 168 Å². The van der Waals surface area contributed by atoms with Gasteiger partial charge in [-0.3, -0.25) is 9.59 Å². The molecular weight excluding hydrogens is 362 g/mol. The molecule has 5 nitrogen and oxygen atoms in total. The Hall–Kier alpha value is -1.59. The summed E-state index contributed by atoms with van der Waals surface area (Å²) >= 11 is 0. The lowest BCUT2D eigenvalue weighted by atomic mass is 9.89. The number of halogens is 1. The van der Waals surface area contributed by atoms with Gasteiger partial charge in [0.1, 0.15) is 0 Å². The third-order valence-electron chi connectivity index (χ3n) is 5.85. The molecule has 2 amide bonds. The monoisotopic (exact) mass is 393 g/mol. The molecule has 1 aromatic carbocycles. The van der Waals surface area contributed by atoms with E-state index in [0.29, 0.717) is 25.4 Å². The summed E-state index contributed by atoms with van der Waals surface area (Å²) in [5.74, 6) is 0.870. The number of piperidine rings is 2. The van der Waals surface area contributed by atoms with Crippen molar-refractivity contribution in [3.8, 4) is 0 Å². The molecule has 3 atom stereocenters. The molecule has 3 rings (SSSR count). The quantitative estimate of drug-likeness (QED) is 0.854. The fourth-order valence-electron chi connectivity index (χ4n) is 4.29. The Morgan fingerprint density at radius 2 is 1.89 bits per heavy atom. The van der Waals surface area contributed by atoms with Crippen LogP contribution in [0.1, 0.15) is 38.2 Å². The van der Waals surface area contributed by atoms with Gasteiger partial charge in [0.05, 0.1) is 12.3 Å². The highest BCUT2D eigenvalue weighted by atomic mass is 35.5. The fourth-order valence-corrected chi connectivity index (χ4v) is 4.29. The molecule has 2 heterocycles. The predicted molar refractivity (Wildman–Crippen MR) is 110 cm³/mol. The second-order valence-corrected chi connectivity index (χ2v) is 7.89. The summed E-state index contributed by atoms with van der Waals surface area (Å²) in [4.78, 5) is 29.6. The molecule has 0 radical (unpaired) electrons. The van der Waals surface area contributed by atoms with Crippen molar-refractivity contribution in [2.75, 3.05) is 26.2 Å². The lowest BCUT2D eigenvalue weighted by Crippen LogP contribution is -2.54. The topological polar surface area (TPSA) is 66.6 Å². The first-order valence-corrected chi connectivity index (χ1v) is 9.90. The number of carbonyl (C=O) groups is 2. The zero-order chi connectivity index (χ0) is 18.5. The minimum Gasteiger partial charge on any atom is -0.342 e. The third kappa shape index (κ3) is 5.45. The summed E-state index contributed by atoms with van der Waals surface area (Å²) in [6.07, 6.45) is 4.22. The van der Waals surface area contributed by atoms with Crippen molar-refractivity contribution in [2.24, 2.45) is 17.6 Å². The number of likely N-dealkylation sites (tertiary alicyclic amines) is 2. The molecule has 2 aliphatic heterocycles. The predicted octanol–water partition coefficient (Wildman–Crippen LogP) is 2.48. The van der Waals surface area contributed by atoms with Crippen molar-refractivity contribution in [1.29, 1.82) is 0 Å². The highest BCUT2D eigenvalue weighted by Crippen LogP contribution is 2.26. The Morgan fingerprint density at radius 1 is 1.15 bits per heavy atom. The van der Waals surface area contributed by atoms with E-state index in [9.17, 15) is 9.59 Å². The molecular formula is C21H32ClN3O2. The standard InChI is InChI=1S/C21H31N3O2.ClH/c1-16-9-11-24(19(12-16)14-22)21(26)18-8-5-10-23(15-18)20(25)13-17-6-3-2-4-7-17;/h2-4,6-7,16,18-19H,5,8-15,22H2,1H3;1H. The van der Waals surface area contributed by atoms with Crippen LogP contribution in [-0.2, 0) is 16.0 Å². The van der Waals surface area contributed by atoms with E-state index in [1.807, 2.05) is 40.1 Å². The lowest BCUT2D eigenvalue weighted by molar-refractivity contribution is -0.143. The molecule has 2 fully saturated rings. The number of nitrogens with two attached hydrogens (primary N) is 1. The number of rotatable bonds is 4. The van der Waals surface area contributed by atoms with Gasteiger partial charge >= 0.3 is 0 Å². The Kier molecular flexibility index (Phi) is 8.11. The molecule has 0 spiro atoms. The van der Waals surface area contributed by atoms with Crippen molar-refractivity contribution in [1.82, 2.24) is 9.80 Å². The molecule has 0 saturated carbocycles. The Morgan fingerprint density at radius 3 is 2.59 bits per heavy atom. The van der Waals surface area contributed by atoms with Crippen LogP contribution in [0.25, 0.3) is 0 Å². The Bertz CT molecular complexity index is 625. The zero-order valence-electron chi connectivity index (χ0n) is 16.2. The maximum atomic E-state index is 13.1. The van der Waals surface area contributed by atoms with Crippen molar-refractivity contribution in [2.45, 2.75) is 45.1 Å². The molecule has 0 aromatic heterocycles. The first-order valence-electron chi connectivity index (χ1n) is 9.90. The molecule has 0 bridgehead atoms. The minimum absolute atomic E-state index is 0. The van der Waals surface area contributed by atoms with Gasteiger partial charge < -0.3 is 15.5 Å². The molecule has 2 saturated heterocycles. The van der Waals surface area contributed by atoms with E-state index < -0.39 is 0 Å². The van der Waals surface area contributed by atoms with Gasteiger partial charge in [0, 0.05) is 32.2 Å². The molecule has 0 aliphatic carbocycles. The lowest BCUT2D eigenvalue weighted by Gasteiger charge is -2.41. The third-order valence-corrected chi connectivity index (χ3v) is 5.85. The van der Waals surface area contributed by atoms with Gasteiger partial charge in [0.25, 0.3) is 0 Å². The molecule has 1 aromatic rings. The van der Waals surface area contributed by atoms with Crippen LogP contribution in [0.2, 0.25) is 0 Å². The van der Waals surface area contributed by atoms with Crippen LogP contribution in [0.3, 0.4) is 0 Å². The Balaban J connectivity index is 0.00000261. The molecule has 27 heavy (non-hydrogen) atoms. The second kappa shape index (κ2) is 10.1. The van der Waals surface area contributed by atoms with Crippen LogP contribution in [0, 0.1) is 11.8 Å². The van der Waals surface area contributed by atoms with Crippen LogP contribution < -0.4 is 5.73 Å².